The standard InChI is InChI=1S/C11H8Br2O/c12-8-2-6-7(3-9(8)13)11-5-1-4(5)10(6)14-11/h2-5,10-11H,1H2/t4-,5+,10-,11+. The molecule has 0 spiro atoms. The van der Waals surface area contributed by atoms with Crippen molar-refractivity contribution in [3.63, 3.8) is 0 Å². The molecule has 0 unspecified atom stereocenters. The summed E-state index contributed by atoms with van der Waals surface area (Å²) in [5, 5.41) is 0. The Balaban J connectivity index is 1.97. The highest BCUT2D eigenvalue weighted by molar-refractivity contribution is 9.13. The van der Waals surface area contributed by atoms with Gasteiger partial charge in [-0.15, -0.1) is 0 Å². The molecule has 2 aliphatic heterocycles. The second-order valence-electron chi connectivity index (χ2n) is 4.44. The summed E-state index contributed by atoms with van der Waals surface area (Å²) >= 11 is 7.10. The molecule has 1 aromatic rings. The van der Waals surface area contributed by atoms with Crippen molar-refractivity contribution in [2.45, 2.75) is 18.6 Å². The second-order valence-corrected chi connectivity index (χ2v) is 6.14. The summed E-state index contributed by atoms with van der Waals surface area (Å²) in [7, 11) is 0. The van der Waals surface area contributed by atoms with Crippen LogP contribution in [0.15, 0.2) is 21.1 Å². The lowest BCUT2D eigenvalue weighted by Gasteiger charge is -2.11. The van der Waals surface area contributed by atoms with E-state index in [-0.39, 0.29) is 0 Å². The fraction of sp³-hybridized carbons (Fsp3) is 0.455. The van der Waals surface area contributed by atoms with E-state index in [0.717, 1.165) is 20.8 Å². The molecule has 3 heteroatoms. The van der Waals surface area contributed by atoms with Gasteiger partial charge in [0.15, 0.2) is 0 Å². The molecule has 4 rings (SSSR count). The van der Waals surface area contributed by atoms with Crippen LogP contribution in [0.2, 0.25) is 0 Å². The van der Waals surface area contributed by atoms with Crippen LogP contribution in [-0.4, -0.2) is 0 Å². The van der Waals surface area contributed by atoms with E-state index in [1.807, 2.05) is 0 Å². The summed E-state index contributed by atoms with van der Waals surface area (Å²) in [6.45, 7) is 0. The van der Waals surface area contributed by atoms with Gasteiger partial charge < -0.3 is 4.74 Å². The fourth-order valence-corrected chi connectivity index (χ4v) is 3.69. The van der Waals surface area contributed by atoms with Crippen molar-refractivity contribution >= 4 is 31.9 Å². The number of hydrogen-bond donors (Lipinski definition) is 0. The average molecular weight is 316 g/mol. The molecule has 2 heterocycles. The van der Waals surface area contributed by atoms with Crippen molar-refractivity contribution in [1.82, 2.24) is 0 Å². The van der Waals surface area contributed by atoms with Crippen molar-refractivity contribution in [2.24, 2.45) is 11.8 Å². The fourth-order valence-electron chi connectivity index (χ4n) is 2.97. The summed E-state index contributed by atoms with van der Waals surface area (Å²) < 4.78 is 8.26. The summed E-state index contributed by atoms with van der Waals surface area (Å²) in [4.78, 5) is 0. The maximum Gasteiger partial charge on any atom is 0.0869 e. The molecule has 4 atom stereocenters. The van der Waals surface area contributed by atoms with Gasteiger partial charge in [0.1, 0.15) is 0 Å². The molecular weight excluding hydrogens is 308 g/mol. The lowest BCUT2D eigenvalue weighted by Crippen LogP contribution is -2.00. The molecule has 0 N–H and O–H groups in total. The van der Waals surface area contributed by atoms with Gasteiger partial charge in [-0.2, -0.15) is 0 Å². The van der Waals surface area contributed by atoms with Crippen LogP contribution >= 0.6 is 31.9 Å². The van der Waals surface area contributed by atoms with Gasteiger partial charge in [-0.25, -0.2) is 0 Å². The van der Waals surface area contributed by atoms with E-state index in [9.17, 15) is 0 Å². The van der Waals surface area contributed by atoms with Gasteiger partial charge in [-0.3, -0.25) is 0 Å². The van der Waals surface area contributed by atoms with E-state index in [0.29, 0.717) is 12.2 Å². The first-order chi connectivity index (χ1) is 6.75. The number of halogens is 2. The molecule has 2 bridgehead atoms. The normalized spacial score (nSPS) is 41.0. The summed E-state index contributed by atoms with van der Waals surface area (Å²) in [5.41, 5.74) is 2.84. The van der Waals surface area contributed by atoms with Crippen molar-refractivity contribution in [2.75, 3.05) is 0 Å². The van der Waals surface area contributed by atoms with Gasteiger partial charge in [0.05, 0.1) is 12.2 Å². The number of hydrogen-bond acceptors (Lipinski definition) is 1. The Labute approximate surface area is 99.1 Å². The van der Waals surface area contributed by atoms with E-state index in [2.05, 4.69) is 44.0 Å². The molecule has 0 amide bonds. The zero-order valence-electron chi connectivity index (χ0n) is 7.34. The molecule has 0 aromatic heterocycles. The number of rotatable bonds is 0. The molecule has 3 aliphatic rings. The Morgan fingerprint density at radius 2 is 1.50 bits per heavy atom. The molecule has 14 heavy (non-hydrogen) atoms. The maximum absolute atomic E-state index is 5.97. The van der Waals surface area contributed by atoms with E-state index in [1.54, 1.807) is 0 Å². The van der Waals surface area contributed by atoms with Crippen LogP contribution in [0, 0.1) is 11.8 Å². The Morgan fingerprint density at radius 3 is 2.00 bits per heavy atom. The lowest BCUT2D eigenvalue weighted by atomic mass is 9.92. The zero-order valence-corrected chi connectivity index (χ0v) is 10.5. The van der Waals surface area contributed by atoms with Crippen molar-refractivity contribution in [3.8, 4) is 0 Å². The molecule has 72 valence electrons. The van der Waals surface area contributed by atoms with Crippen molar-refractivity contribution in [1.29, 1.82) is 0 Å². The molecule has 1 saturated carbocycles. The first-order valence-corrected chi connectivity index (χ1v) is 6.48. The third-order valence-electron chi connectivity index (χ3n) is 3.70. The van der Waals surface area contributed by atoms with Crippen LogP contribution in [0.4, 0.5) is 0 Å². The van der Waals surface area contributed by atoms with Crippen LogP contribution in [-0.2, 0) is 4.74 Å². The van der Waals surface area contributed by atoms with Crippen LogP contribution in [0.3, 0.4) is 0 Å². The van der Waals surface area contributed by atoms with Crippen LogP contribution < -0.4 is 0 Å². The van der Waals surface area contributed by atoms with Gasteiger partial charge in [0.25, 0.3) is 0 Å². The topological polar surface area (TPSA) is 9.23 Å². The Hall–Kier alpha value is 0.140. The van der Waals surface area contributed by atoms with E-state index >= 15 is 0 Å². The van der Waals surface area contributed by atoms with Crippen molar-refractivity contribution in [3.05, 3.63) is 32.2 Å². The second kappa shape index (κ2) is 2.45. The van der Waals surface area contributed by atoms with Gasteiger partial charge in [0, 0.05) is 8.95 Å². The highest BCUT2D eigenvalue weighted by Gasteiger charge is 2.61. The predicted octanol–water partition coefficient (Wildman–Crippen LogP) is 3.97. The van der Waals surface area contributed by atoms with Gasteiger partial charge in [-0.05, 0) is 73.4 Å². The number of benzene rings is 1. The molecular formula is C11H8Br2O. The maximum atomic E-state index is 5.97. The molecule has 1 nitrogen and oxygen atoms in total. The lowest BCUT2D eigenvalue weighted by molar-refractivity contribution is 0.0392. The van der Waals surface area contributed by atoms with Crippen LogP contribution in [0.5, 0.6) is 0 Å². The predicted molar refractivity (Wildman–Crippen MR) is 60.0 cm³/mol. The highest BCUT2D eigenvalue weighted by atomic mass is 79.9. The third kappa shape index (κ3) is 0.848. The summed E-state index contributed by atoms with van der Waals surface area (Å²) in [6, 6.07) is 4.44. The van der Waals surface area contributed by atoms with Crippen LogP contribution in [0.25, 0.3) is 0 Å². The highest BCUT2D eigenvalue weighted by Crippen LogP contribution is 2.69. The first kappa shape index (κ1) is 8.31. The minimum atomic E-state index is 0.407. The van der Waals surface area contributed by atoms with Crippen molar-refractivity contribution < 1.29 is 4.74 Å². The monoisotopic (exact) mass is 314 g/mol. The van der Waals surface area contributed by atoms with E-state index in [4.69, 9.17) is 4.74 Å². The Kier molecular flexibility index (Phi) is 1.45. The SMILES string of the molecule is Brc1cc2c(cc1Br)[C@@H]1O[C@H]2[C@H]2C[C@H]21. The third-order valence-corrected chi connectivity index (χ3v) is 5.55. The Bertz CT molecular complexity index is 404. The molecule has 0 radical (unpaired) electrons. The van der Waals surface area contributed by atoms with E-state index < -0.39 is 0 Å². The number of fused-ring (bicyclic) bond motifs is 8. The largest absolute Gasteiger partial charge is 0.365 e. The van der Waals surface area contributed by atoms with Gasteiger partial charge in [-0.1, -0.05) is 0 Å². The minimum Gasteiger partial charge on any atom is -0.365 e. The Morgan fingerprint density at radius 1 is 1.00 bits per heavy atom. The molecule has 1 aliphatic carbocycles. The number of ether oxygens (including phenoxy) is 1. The minimum absolute atomic E-state index is 0.407. The smallest absolute Gasteiger partial charge is 0.0869 e. The van der Waals surface area contributed by atoms with Gasteiger partial charge >= 0.3 is 0 Å². The summed E-state index contributed by atoms with van der Waals surface area (Å²) in [6.07, 6.45) is 2.19. The molecule has 1 saturated heterocycles. The first-order valence-electron chi connectivity index (χ1n) is 4.90. The van der Waals surface area contributed by atoms with E-state index in [1.165, 1.54) is 17.5 Å². The van der Waals surface area contributed by atoms with Crippen LogP contribution in [0.1, 0.15) is 29.8 Å². The van der Waals surface area contributed by atoms with Gasteiger partial charge in [0.2, 0.25) is 0 Å². The average Bonchev–Trinajstić information content (AvgIpc) is 2.79. The zero-order chi connectivity index (χ0) is 9.45. The molecule has 2 fully saturated rings. The summed E-state index contributed by atoms with van der Waals surface area (Å²) in [5.74, 6) is 1.67. The quantitative estimate of drug-likeness (QED) is 0.704. The molecule has 1 aromatic carbocycles.